The molecule has 2 aliphatic carbocycles. The number of nitrogens with zero attached hydrogens (tertiary/aromatic N) is 2. The Kier molecular flexibility index (Phi) is 2.42. The van der Waals surface area contributed by atoms with E-state index in [0.29, 0.717) is 6.54 Å². The molecule has 0 fully saturated rings. The molecule has 0 saturated carbocycles. The molecule has 1 amide bonds. The first kappa shape index (κ1) is 14.1. The molecule has 1 N–H and O–H groups in total. The van der Waals surface area contributed by atoms with Gasteiger partial charge in [-0.05, 0) is 35.6 Å². The second-order valence-corrected chi connectivity index (χ2v) is 7.99. The second-order valence-electron chi connectivity index (χ2n) is 7.99. The molecule has 0 radical (unpaired) electrons. The number of anilines is 1. The largest absolute Gasteiger partial charge is 0.359 e. The summed E-state index contributed by atoms with van der Waals surface area (Å²) < 4.78 is 2.53. The molecule has 1 unspecified atom stereocenters. The van der Waals surface area contributed by atoms with Crippen LogP contribution in [-0.4, -0.2) is 23.1 Å². The van der Waals surface area contributed by atoms with Crippen LogP contribution in [0.5, 0.6) is 0 Å². The average Bonchev–Trinajstić information content (AvgIpc) is 3.28. The van der Waals surface area contributed by atoms with Crippen LogP contribution in [0.1, 0.15) is 27.9 Å². The van der Waals surface area contributed by atoms with E-state index in [0.717, 1.165) is 31.5 Å². The third kappa shape index (κ3) is 1.51. The Balaban J connectivity index is 1.80. The van der Waals surface area contributed by atoms with Gasteiger partial charge in [-0.2, -0.15) is 0 Å². The third-order valence-electron chi connectivity index (χ3n) is 6.78. The summed E-state index contributed by atoms with van der Waals surface area (Å²) in [6.45, 7) is 2.72. The highest BCUT2D eigenvalue weighted by Crippen LogP contribution is 2.41. The Labute approximate surface area is 156 Å². The Morgan fingerprint density at radius 3 is 3.04 bits per heavy atom. The number of nitrogens with one attached hydrogen (secondary N) is 1. The number of carbonyl (C=O) groups is 1. The van der Waals surface area contributed by atoms with Gasteiger partial charge in [-0.3, -0.25) is 4.79 Å². The highest BCUT2D eigenvalue weighted by molar-refractivity contribution is 6.12. The summed E-state index contributed by atoms with van der Waals surface area (Å²) >= 11 is 0. The Bertz CT molecular complexity index is 1300. The van der Waals surface area contributed by atoms with E-state index >= 15 is 0 Å². The fourth-order valence-electron chi connectivity index (χ4n) is 5.82. The van der Waals surface area contributed by atoms with Crippen molar-refractivity contribution in [3.05, 3.63) is 63.7 Å². The number of hydrogen-bond donors (Lipinski definition) is 1. The lowest BCUT2D eigenvalue weighted by Crippen LogP contribution is -2.32. The molecule has 0 bridgehead atoms. The fourth-order valence-corrected chi connectivity index (χ4v) is 5.82. The molecular formula is C23H19N3O. The number of allylic oxidation sites excluding steroid dienone is 4. The second kappa shape index (κ2) is 4.63. The number of amides is 1. The lowest BCUT2D eigenvalue weighted by atomic mass is 9.94. The number of rotatable bonds is 0. The summed E-state index contributed by atoms with van der Waals surface area (Å²) in [5.41, 5.74) is 7.47. The number of carbonyl (C=O) groups excluding carboxylic acids is 1. The van der Waals surface area contributed by atoms with E-state index in [1.807, 2.05) is 0 Å². The van der Waals surface area contributed by atoms with Gasteiger partial charge in [0.2, 0.25) is 0 Å². The molecule has 2 aromatic rings. The van der Waals surface area contributed by atoms with Crippen molar-refractivity contribution in [3.8, 4) is 0 Å². The van der Waals surface area contributed by atoms with E-state index in [9.17, 15) is 4.79 Å². The maximum absolute atomic E-state index is 12.9. The van der Waals surface area contributed by atoms with Crippen LogP contribution in [0, 0.1) is 0 Å². The number of benzene rings is 1. The van der Waals surface area contributed by atoms with Gasteiger partial charge in [0, 0.05) is 35.6 Å². The zero-order chi connectivity index (χ0) is 17.7. The topological polar surface area (TPSA) is 37.3 Å². The van der Waals surface area contributed by atoms with Gasteiger partial charge >= 0.3 is 0 Å². The summed E-state index contributed by atoms with van der Waals surface area (Å²) in [7, 11) is 0. The van der Waals surface area contributed by atoms with Gasteiger partial charge in [-0.1, -0.05) is 36.5 Å². The van der Waals surface area contributed by atoms with Gasteiger partial charge < -0.3 is 14.8 Å². The Hall–Kier alpha value is -3.01. The average molecular weight is 353 g/mol. The van der Waals surface area contributed by atoms with Gasteiger partial charge in [0.05, 0.1) is 22.8 Å². The van der Waals surface area contributed by atoms with Crippen LogP contribution in [0.3, 0.4) is 0 Å². The molecule has 0 spiro atoms. The normalized spacial score (nSPS) is 23.3. The van der Waals surface area contributed by atoms with Gasteiger partial charge in [-0.25, -0.2) is 0 Å². The summed E-state index contributed by atoms with van der Waals surface area (Å²) in [5, 5.41) is 6.98. The number of fused-ring (bicyclic) bond motifs is 8. The highest BCUT2D eigenvalue weighted by atomic mass is 16.1. The molecule has 27 heavy (non-hydrogen) atoms. The molecule has 1 atom stereocenters. The van der Waals surface area contributed by atoms with Gasteiger partial charge in [-0.15, -0.1) is 0 Å². The molecule has 7 rings (SSSR count). The third-order valence-corrected chi connectivity index (χ3v) is 6.78. The zero-order valence-corrected chi connectivity index (χ0v) is 15.0. The van der Waals surface area contributed by atoms with Crippen molar-refractivity contribution in [1.29, 1.82) is 0 Å². The monoisotopic (exact) mass is 353 g/mol. The molecule has 3 aliphatic heterocycles. The van der Waals surface area contributed by atoms with E-state index in [4.69, 9.17) is 0 Å². The summed E-state index contributed by atoms with van der Waals surface area (Å²) in [5.74, 6) is 0.0929. The molecule has 1 aromatic carbocycles. The van der Waals surface area contributed by atoms with E-state index in [1.54, 1.807) is 0 Å². The van der Waals surface area contributed by atoms with E-state index in [-0.39, 0.29) is 11.9 Å². The smallest absolute Gasteiger partial charge is 0.252 e. The van der Waals surface area contributed by atoms with Crippen LogP contribution in [0.25, 0.3) is 22.6 Å². The maximum atomic E-state index is 12.9. The maximum Gasteiger partial charge on any atom is 0.252 e. The predicted octanol–water partition coefficient (Wildman–Crippen LogP) is 1.65. The van der Waals surface area contributed by atoms with Crippen LogP contribution < -0.4 is 20.8 Å². The number of hydrogen-bond acceptors (Lipinski definition) is 2. The zero-order valence-electron chi connectivity index (χ0n) is 15.0. The molecule has 4 heteroatoms. The van der Waals surface area contributed by atoms with Crippen molar-refractivity contribution in [2.45, 2.75) is 32.0 Å². The first-order valence-electron chi connectivity index (χ1n) is 9.85. The van der Waals surface area contributed by atoms with Crippen LogP contribution in [0.15, 0.2) is 36.5 Å². The minimum absolute atomic E-state index is 0.0929. The summed E-state index contributed by atoms with van der Waals surface area (Å²) in [6.07, 6.45) is 17.5. The van der Waals surface area contributed by atoms with Crippen LogP contribution >= 0.6 is 0 Å². The fraction of sp³-hybridized carbons (Fsp3) is 0.261. The van der Waals surface area contributed by atoms with Crippen molar-refractivity contribution in [2.24, 2.45) is 0 Å². The van der Waals surface area contributed by atoms with Gasteiger partial charge in [0.25, 0.3) is 5.91 Å². The van der Waals surface area contributed by atoms with E-state index < -0.39 is 0 Å². The van der Waals surface area contributed by atoms with Crippen LogP contribution in [-0.2, 0) is 19.5 Å². The predicted molar refractivity (Wildman–Crippen MR) is 107 cm³/mol. The van der Waals surface area contributed by atoms with E-state index in [1.165, 1.54) is 43.9 Å². The van der Waals surface area contributed by atoms with Gasteiger partial charge in [0.1, 0.15) is 0 Å². The first-order valence-corrected chi connectivity index (χ1v) is 9.85. The molecule has 0 saturated heterocycles. The number of aryl methyl sites for hydroxylation is 1. The minimum Gasteiger partial charge on any atom is -0.359 e. The SMILES string of the molecule is O=C1NCc2c1c1c3c4c2c2c(n4CCCN3C3C=CC=CC=13)=CC=CC2. The summed E-state index contributed by atoms with van der Waals surface area (Å²) in [4.78, 5) is 15.5. The molecule has 4 nitrogen and oxygen atoms in total. The molecule has 1 aromatic heterocycles. The first-order chi connectivity index (χ1) is 13.3. The van der Waals surface area contributed by atoms with Crippen molar-refractivity contribution >= 4 is 34.1 Å². The standard InChI is InChI=1S/C23H19N3O/c27-23-20-15(12-24-23)18-13-6-1-3-8-16(13)25-10-5-11-26-17-9-4-2-7-14(17)19(20)22(26)21(18)25/h1-4,7-9,17H,5-6,10-12H2,(H,24,27). The van der Waals surface area contributed by atoms with Gasteiger partial charge in [0.15, 0.2) is 0 Å². The Morgan fingerprint density at radius 2 is 2.07 bits per heavy atom. The van der Waals surface area contributed by atoms with Crippen LogP contribution in [0.2, 0.25) is 0 Å². The van der Waals surface area contributed by atoms with Crippen LogP contribution in [0.4, 0.5) is 5.69 Å². The molecule has 132 valence electrons. The summed E-state index contributed by atoms with van der Waals surface area (Å²) in [6, 6.07) is 0.258. The Morgan fingerprint density at radius 1 is 1.11 bits per heavy atom. The lowest BCUT2D eigenvalue weighted by molar-refractivity contribution is 0.0965. The quantitative estimate of drug-likeness (QED) is 0.782. The number of aromatic nitrogens is 1. The van der Waals surface area contributed by atoms with Crippen molar-refractivity contribution in [3.63, 3.8) is 0 Å². The highest BCUT2D eigenvalue weighted by Gasteiger charge is 2.39. The molecular weight excluding hydrogens is 334 g/mol. The molecule has 4 heterocycles. The van der Waals surface area contributed by atoms with Crippen molar-refractivity contribution in [1.82, 2.24) is 9.88 Å². The molecule has 5 aliphatic rings. The lowest BCUT2D eigenvalue weighted by Gasteiger charge is -2.27. The van der Waals surface area contributed by atoms with Crippen molar-refractivity contribution < 1.29 is 4.79 Å². The van der Waals surface area contributed by atoms with E-state index in [2.05, 4.69) is 57.3 Å². The minimum atomic E-state index is 0.0929. The van der Waals surface area contributed by atoms with Crippen molar-refractivity contribution in [2.75, 3.05) is 11.4 Å².